The first-order valence-corrected chi connectivity index (χ1v) is 12.7. The number of amides is 1. The van der Waals surface area contributed by atoms with Crippen LogP contribution in [0.25, 0.3) is 0 Å². The molecule has 1 rings (SSSR count). The Bertz CT molecular complexity index is 701. The number of ketones is 1. The normalized spacial score (nSPS) is 12.7. The molecule has 0 aliphatic rings. The maximum absolute atomic E-state index is 12.6. The van der Waals surface area contributed by atoms with E-state index in [0.29, 0.717) is 24.2 Å². The van der Waals surface area contributed by atoms with Crippen molar-refractivity contribution in [1.29, 1.82) is 0 Å². The second-order valence-corrected chi connectivity index (χ2v) is 8.76. The predicted octanol–water partition coefficient (Wildman–Crippen LogP) is 6.14. The number of hydrogen-bond donors (Lipinski definition) is 1. The summed E-state index contributed by atoms with van der Waals surface area (Å²) in [6, 6.07) is 6.90. The average molecular weight is 462 g/mol. The van der Waals surface area contributed by atoms with Crippen LogP contribution >= 0.6 is 0 Å². The quantitative estimate of drug-likeness (QED) is 0.151. The molecule has 0 aromatic heterocycles. The van der Waals surface area contributed by atoms with Gasteiger partial charge in [-0.1, -0.05) is 71.6 Å². The van der Waals surface area contributed by atoms with Gasteiger partial charge < -0.3 is 15.2 Å². The molecule has 6 nitrogen and oxygen atoms in total. The van der Waals surface area contributed by atoms with Gasteiger partial charge in [0.2, 0.25) is 0 Å². The van der Waals surface area contributed by atoms with E-state index in [9.17, 15) is 14.4 Å². The summed E-state index contributed by atoms with van der Waals surface area (Å²) in [6.45, 7) is 5.79. The highest BCUT2D eigenvalue weighted by molar-refractivity contribution is 5.96. The fourth-order valence-corrected chi connectivity index (χ4v) is 3.56. The van der Waals surface area contributed by atoms with Crippen LogP contribution < -0.4 is 10.5 Å². The number of primary amides is 1. The van der Waals surface area contributed by atoms with Crippen LogP contribution in [0.1, 0.15) is 115 Å². The molecule has 1 aromatic rings. The molecule has 0 bridgehead atoms. The number of hydrogen-bond acceptors (Lipinski definition) is 5. The van der Waals surface area contributed by atoms with Gasteiger partial charge in [0, 0.05) is 12.0 Å². The zero-order chi connectivity index (χ0) is 24.5. The molecule has 0 unspecified atom stereocenters. The number of unbranched alkanes of at least 4 members (excludes halogenated alkanes) is 9. The van der Waals surface area contributed by atoms with Crippen molar-refractivity contribution in [2.24, 2.45) is 5.73 Å². The van der Waals surface area contributed by atoms with Gasteiger partial charge in [0.25, 0.3) is 5.91 Å². The lowest BCUT2D eigenvalue weighted by atomic mass is 10.0. The van der Waals surface area contributed by atoms with E-state index in [1.165, 1.54) is 45.4 Å². The van der Waals surface area contributed by atoms with E-state index >= 15 is 0 Å². The number of carbonyl (C=O) groups excluding carboxylic acids is 3. The lowest BCUT2D eigenvalue weighted by Crippen LogP contribution is -2.37. The smallest absolute Gasteiger partial charge is 0.348 e. The number of Topliss-reactive ketones (excluding diaryl/α,β-unsaturated/α-hetero) is 1. The number of ether oxygens (including phenoxy) is 2. The first kappa shape index (κ1) is 28.7. The van der Waals surface area contributed by atoms with Crippen LogP contribution in [-0.2, 0) is 14.3 Å². The second kappa shape index (κ2) is 17.2. The molecule has 0 radical (unpaired) electrons. The molecule has 6 heteroatoms. The maximum atomic E-state index is 12.6. The summed E-state index contributed by atoms with van der Waals surface area (Å²) in [5.74, 6) is -0.674. The number of rotatable bonds is 19. The molecule has 0 saturated carbocycles. The Morgan fingerprint density at radius 1 is 0.818 bits per heavy atom. The summed E-state index contributed by atoms with van der Waals surface area (Å²) in [6.07, 6.45) is 11.3. The van der Waals surface area contributed by atoms with Crippen LogP contribution in [0.2, 0.25) is 0 Å². The number of benzene rings is 1. The van der Waals surface area contributed by atoms with Crippen molar-refractivity contribution in [3.05, 3.63) is 29.8 Å². The number of nitrogens with two attached hydrogens (primary N) is 1. The third-order valence-electron chi connectivity index (χ3n) is 5.74. The minimum atomic E-state index is -1.01. The van der Waals surface area contributed by atoms with Crippen LogP contribution in [0.3, 0.4) is 0 Å². The minimum absolute atomic E-state index is 0.122. The number of carbonyl (C=O) groups is 3. The fourth-order valence-electron chi connectivity index (χ4n) is 3.56. The average Bonchev–Trinajstić information content (AvgIpc) is 2.80. The molecular formula is C27H43NO5. The zero-order valence-electron chi connectivity index (χ0n) is 20.8. The molecule has 2 N–H and O–H groups in total. The summed E-state index contributed by atoms with van der Waals surface area (Å²) in [5, 5.41) is 0. The van der Waals surface area contributed by atoms with Crippen molar-refractivity contribution in [1.82, 2.24) is 0 Å². The van der Waals surface area contributed by atoms with Gasteiger partial charge in [0.05, 0.1) is 0 Å². The van der Waals surface area contributed by atoms with E-state index in [-0.39, 0.29) is 5.78 Å². The van der Waals surface area contributed by atoms with Crippen molar-refractivity contribution in [3.8, 4) is 5.75 Å². The van der Waals surface area contributed by atoms with Crippen LogP contribution in [0.4, 0.5) is 0 Å². The van der Waals surface area contributed by atoms with Crippen molar-refractivity contribution in [2.45, 2.75) is 116 Å². The van der Waals surface area contributed by atoms with Crippen molar-refractivity contribution < 1.29 is 23.9 Å². The fraction of sp³-hybridized carbons (Fsp3) is 0.667. The molecular weight excluding hydrogens is 418 g/mol. The van der Waals surface area contributed by atoms with Gasteiger partial charge in [-0.05, 0) is 50.5 Å². The molecule has 186 valence electrons. The molecule has 0 fully saturated rings. The monoisotopic (exact) mass is 461 g/mol. The Morgan fingerprint density at radius 3 is 1.94 bits per heavy atom. The SMILES string of the molecule is CCCCCCCC[C@@H](Oc1ccc(C(=O)CCCCCCC)cc1)C(=O)O[C@@H](C)C(N)=O. The maximum Gasteiger partial charge on any atom is 0.348 e. The highest BCUT2D eigenvalue weighted by Crippen LogP contribution is 2.20. The van der Waals surface area contributed by atoms with Gasteiger partial charge in [-0.2, -0.15) is 0 Å². The third kappa shape index (κ3) is 12.4. The molecule has 0 aliphatic heterocycles. The van der Waals surface area contributed by atoms with E-state index < -0.39 is 24.1 Å². The molecule has 0 heterocycles. The van der Waals surface area contributed by atoms with Gasteiger partial charge in [0.1, 0.15) is 5.75 Å². The van der Waals surface area contributed by atoms with Crippen LogP contribution in [0.15, 0.2) is 24.3 Å². The molecule has 1 amide bonds. The van der Waals surface area contributed by atoms with E-state index in [0.717, 1.165) is 32.1 Å². The van der Waals surface area contributed by atoms with Gasteiger partial charge >= 0.3 is 5.97 Å². The largest absolute Gasteiger partial charge is 0.479 e. The Labute approximate surface area is 199 Å². The summed E-state index contributed by atoms with van der Waals surface area (Å²) in [7, 11) is 0. The lowest BCUT2D eigenvalue weighted by molar-refractivity contribution is -0.161. The molecule has 0 aliphatic carbocycles. The highest BCUT2D eigenvalue weighted by Gasteiger charge is 2.25. The predicted molar refractivity (Wildman–Crippen MR) is 131 cm³/mol. The Morgan fingerprint density at radius 2 is 1.36 bits per heavy atom. The van der Waals surface area contributed by atoms with E-state index in [2.05, 4.69) is 13.8 Å². The molecule has 2 atom stereocenters. The van der Waals surface area contributed by atoms with Crippen molar-refractivity contribution in [2.75, 3.05) is 0 Å². The Kier molecular flexibility index (Phi) is 14.9. The first-order valence-electron chi connectivity index (χ1n) is 12.7. The van der Waals surface area contributed by atoms with E-state index in [1.807, 2.05) is 0 Å². The summed E-state index contributed by atoms with van der Waals surface area (Å²) < 4.78 is 11.1. The topological polar surface area (TPSA) is 95.7 Å². The molecule has 0 spiro atoms. The standard InChI is InChI=1S/C27H43NO5/c1-4-6-8-10-12-14-16-25(27(31)32-21(3)26(28)30)33-23-19-17-22(18-20-23)24(29)15-13-11-9-7-5-2/h17-21,25H,4-16H2,1-3H3,(H2,28,30)/t21-,25+/m0/s1. The van der Waals surface area contributed by atoms with E-state index in [4.69, 9.17) is 15.2 Å². The third-order valence-corrected chi connectivity index (χ3v) is 5.74. The summed E-state index contributed by atoms with van der Waals surface area (Å²) in [4.78, 5) is 36.3. The first-order chi connectivity index (χ1) is 15.9. The van der Waals surface area contributed by atoms with Crippen LogP contribution in [-0.4, -0.2) is 29.9 Å². The van der Waals surface area contributed by atoms with Crippen molar-refractivity contribution in [3.63, 3.8) is 0 Å². The molecule has 1 aromatic carbocycles. The summed E-state index contributed by atoms with van der Waals surface area (Å²) in [5.41, 5.74) is 5.87. The van der Waals surface area contributed by atoms with Gasteiger partial charge in [-0.15, -0.1) is 0 Å². The van der Waals surface area contributed by atoms with Gasteiger partial charge in [0.15, 0.2) is 18.0 Å². The minimum Gasteiger partial charge on any atom is -0.479 e. The Balaban J connectivity index is 2.65. The van der Waals surface area contributed by atoms with Gasteiger partial charge in [-0.3, -0.25) is 9.59 Å². The molecule has 0 saturated heterocycles. The zero-order valence-corrected chi connectivity index (χ0v) is 20.8. The van der Waals surface area contributed by atoms with Gasteiger partial charge in [-0.25, -0.2) is 4.79 Å². The van der Waals surface area contributed by atoms with Crippen molar-refractivity contribution >= 4 is 17.7 Å². The highest BCUT2D eigenvalue weighted by atomic mass is 16.6. The molecule has 33 heavy (non-hydrogen) atoms. The van der Waals surface area contributed by atoms with E-state index in [1.54, 1.807) is 24.3 Å². The summed E-state index contributed by atoms with van der Waals surface area (Å²) >= 11 is 0. The second-order valence-electron chi connectivity index (χ2n) is 8.76. The Hall–Kier alpha value is -2.37. The van der Waals surface area contributed by atoms with Crippen LogP contribution in [0, 0.1) is 0 Å². The number of esters is 1. The lowest BCUT2D eigenvalue weighted by Gasteiger charge is -2.20. The van der Waals surface area contributed by atoms with Crippen LogP contribution in [0.5, 0.6) is 5.75 Å².